The second-order valence-electron chi connectivity index (χ2n) is 3.74. The summed E-state index contributed by atoms with van der Waals surface area (Å²) in [5, 5.41) is 0.726. The first kappa shape index (κ1) is 9.61. The minimum atomic E-state index is 0.463. The standard InChI is InChI=1S/C11H10Cl2O2/c12-5-8-6-1-3-15-11(6)9(13)7-2-4-14-10(7)8/h1-5H2. The van der Waals surface area contributed by atoms with Gasteiger partial charge < -0.3 is 9.47 Å². The molecule has 2 aliphatic heterocycles. The number of hydrogen-bond acceptors (Lipinski definition) is 2. The summed E-state index contributed by atoms with van der Waals surface area (Å²) in [5.41, 5.74) is 3.27. The summed E-state index contributed by atoms with van der Waals surface area (Å²) >= 11 is 12.2. The van der Waals surface area contributed by atoms with E-state index >= 15 is 0 Å². The van der Waals surface area contributed by atoms with Crippen molar-refractivity contribution in [2.75, 3.05) is 13.2 Å². The number of halogens is 2. The first-order chi connectivity index (χ1) is 7.33. The molecular weight excluding hydrogens is 235 g/mol. The lowest BCUT2D eigenvalue weighted by Crippen LogP contribution is -1.94. The second-order valence-corrected chi connectivity index (χ2v) is 4.38. The molecule has 0 bridgehead atoms. The van der Waals surface area contributed by atoms with E-state index in [4.69, 9.17) is 32.7 Å². The Bertz CT molecular complexity index is 394. The van der Waals surface area contributed by atoms with E-state index in [0.717, 1.165) is 46.1 Å². The molecule has 2 heterocycles. The Morgan fingerprint density at radius 1 is 1.00 bits per heavy atom. The van der Waals surface area contributed by atoms with Crippen molar-refractivity contribution in [2.45, 2.75) is 18.7 Å². The molecule has 1 aromatic rings. The Hall–Kier alpha value is -0.600. The number of rotatable bonds is 1. The summed E-state index contributed by atoms with van der Waals surface area (Å²) < 4.78 is 11.2. The van der Waals surface area contributed by atoms with Gasteiger partial charge in [0.1, 0.15) is 11.5 Å². The summed E-state index contributed by atoms with van der Waals surface area (Å²) in [6, 6.07) is 0. The van der Waals surface area contributed by atoms with Crippen LogP contribution in [-0.4, -0.2) is 13.2 Å². The lowest BCUT2D eigenvalue weighted by atomic mass is 10.0. The highest BCUT2D eigenvalue weighted by molar-refractivity contribution is 6.33. The second kappa shape index (κ2) is 3.46. The molecule has 2 nitrogen and oxygen atoms in total. The molecule has 0 spiro atoms. The number of hydrogen-bond donors (Lipinski definition) is 0. The van der Waals surface area contributed by atoms with Crippen molar-refractivity contribution in [3.8, 4) is 11.5 Å². The molecular formula is C11H10Cl2O2. The summed E-state index contributed by atoms with van der Waals surface area (Å²) in [6.45, 7) is 1.39. The smallest absolute Gasteiger partial charge is 0.142 e. The van der Waals surface area contributed by atoms with Gasteiger partial charge in [-0.2, -0.15) is 0 Å². The minimum absolute atomic E-state index is 0.463. The first-order valence-electron chi connectivity index (χ1n) is 5.00. The van der Waals surface area contributed by atoms with Gasteiger partial charge >= 0.3 is 0 Å². The van der Waals surface area contributed by atoms with Crippen LogP contribution >= 0.6 is 23.2 Å². The molecule has 0 saturated heterocycles. The summed E-state index contributed by atoms with van der Waals surface area (Å²) in [5.74, 6) is 2.20. The van der Waals surface area contributed by atoms with Gasteiger partial charge in [0.15, 0.2) is 0 Å². The van der Waals surface area contributed by atoms with Crippen molar-refractivity contribution >= 4 is 23.2 Å². The van der Waals surface area contributed by atoms with Gasteiger partial charge in [-0.1, -0.05) is 11.6 Å². The molecule has 0 aliphatic carbocycles. The van der Waals surface area contributed by atoms with Gasteiger partial charge in [-0.3, -0.25) is 0 Å². The fourth-order valence-electron chi connectivity index (χ4n) is 2.29. The monoisotopic (exact) mass is 244 g/mol. The third-order valence-corrected chi connectivity index (χ3v) is 3.65. The third kappa shape index (κ3) is 1.25. The molecule has 0 radical (unpaired) electrons. The van der Waals surface area contributed by atoms with Crippen molar-refractivity contribution < 1.29 is 9.47 Å². The van der Waals surface area contributed by atoms with Crippen LogP contribution in [0.3, 0.4) is 0 Å². The normalized spacial score (nSPS) is 16.9. The topological polar surface area (TPSA) is 18.5 Å². The highest BCUT2D eigenvalue weighted by Gasteiger charge is 2.29. The first-order valence-corrected chi connectivity index (χ1v) is 5.91. The van der Waals surface area contributed by atoms with Gasteiger partial charge in [-0.05, 0) is 0 Å². The molecule has 2 aliphatic rings. The Labute approximate surface area is 98.1 Å². The highest BCUT2D eigenvalue weighted by atomic mass is 35.5. The van der Waals surface area contributed by atoms with E-state index in [1.807, 2.05) is 0 Å². The van der Waals surface area contributed by atoms with E-state index in [1.165, 1.54) is 0 Å². The Balaban J connectivity index is 2.31. The zero-order valence-corrected chi connectivity index (χ0v) is 9.62. The van der Waals surface area contributed by atoms with E-state index in [1.54, 1.807) is 0 Å². The average molecular weight is 245 g/mol. The van der Waals surface area contributed by atoms with Crippen molar-refractivity contribution in [2.24, 2.45) is 0 Å². The molecule has 0 fully saturated rings. The highest BCUT2D eigenvalue weighted by Crippen LogP contribution is 2.47. The predicted octanol–water partition coefficient (Wildman–Crippen LogP) is 2.95. The molecule has 0 atom stereocenters. The van der Waals surface area contributed by atoms with Gasteiger partial charge in [-0.25, -0.2) is 0 Å². The Morgan fingerprint density at radius 2 is 1.67 bits per heavy atom. The lowest BCUT2D eigenvalue weighted by Gasteiger charge is -2.12. The summed E-state index contributed by atoms with van der Waals surface area (Å²) in [4.78, 5) is 0. The van der Waals surface area contributed by atoms with Gasteiger partial charge in [0.2, 0.25) is 0 Å². The van der Waals surface area contributed by atoms with Crippen LogP contribution in [0.25, 0.3) is 0 Å². The van der Waals surface area contributed by atoms with Crippen LogP contribution in [-0.2, 0) is 18.7 Å². The molecule has 1 aromatic carbocycles. The third-order valence-electron chi connectivity index (χ3n) is 2.98. The zero-order valence-electron chi connectivity index (χ0n) is 8.11. The molecule has 0 saturated carbocycles. The van der Waals surface area contributed by atoms with Gasteiger partial charge in [-0.15, -0.1) is 11.6 Å². The van der Waals surface area contributed by atoms with Gasteiger partial charge in [0, 0.05) is 29.5 Å². The van der Waals surface area contributed by atoms with Crippen molar-refractivity contribution in [3.05, 3.63) is 21.7 Å². The van der Waals surface area contributed by atoms with E-state index in [9.17, 15) is 0 Å². The van der Waals surface area contributed by atoms with Crippen LogP contribution < -0.4 is 9.47 Å². The maximum Gasteiger partial charge on any atom is 0.142 e. The number of alkyl halides is 1. The van der Waals surface area contributed by atoms with E-state index < -0.39 is 0 Å². The Kier molecular flexibility index (Phi) is 2.22. The fraction of sp³-hybridized carbons (Fsp3) is 0.455. The van der Waals surface area contributed by atoms with Crippen molar-refractivity contribution in [1.82, 2.24) is 0 Å². The van der Waals surface area contributed by atoms with Crippen LogP contribution in [0, 0.1) is 0 Å². The number of fused-ring (bicyclic) bond motifs is 2. The number of benzene rings is 1. The molecule has 0 unspecified atom stereocenters. The SMILES string of the molecule is ClCc1c2c(c(Cl)c3c1OCC3)OCC2. The van der Waals surface area contributed by atoms with Crippen LogP contribution in [0.4, 0.5) is 0 Å². The Morgan fingerprint density at radius 3 is 2.40 bits per heavy atom. The molecule has 4 heteroatoms. The summed E-state index contributed by atoms with van der Waals surface area (Å²) in [6.07, 6.45) is 1.74. The van der Waals surface area contributed by atoms with E-state index in [0.29, 0.717) is 19.1 Å². The molecule has 80 valence electrons. The predicted molar refractivity (Wildman–Crippen MR) is 59.4 cm³/mol. The molecule has 3 rings (SSSR count). The number of ether oxygens (including phenoxy) is 2. The maximum atomic E-state index is 6.28. The molecule has 0 aromatic heterocycles. The minimum Gasteiger partial charge on any atom is -0.493 e. The molecule has 0 amide bonds. The van der Waals surface area contributed by atoms with E-state index in [-0.39, 0.29) is 0 Å². The van der Waals surface area contributed by atoms with Crippen molar-refractivity contribution in [1.29, 1.82) is 0 Å². The van der Waals surface area contributed by atoms with Crippen molar-refractivity contribution in [3.63, 3.8) is 0 Å². The van der Waals surface area contributed by atoms with E-state index in [2.05, 4.69) is 0 Å². The van der Waals surface area contributed by atoms with Gasteiger partial charge in [0.05, 0.1) is 24.1 Å². The largest absolute Gasteiger partial charge is 0.493 e. The molecule has 0 N–H and O–H groups in total. The quantitative estimate of drug-likeness (QED) is 0.708. The zero-order chi connectivity index (χ0) is 10.4. The maximum absolute atomic E-state index is 6.28. The van der Waals surface area contributed by atoms with Gasteiger partial charge in [0.25, 0.3) is 0 Å². The van der Waals surface area contributed by atoms with Crippen LogP contribution in [0.15, 0.2) is 0 Å². The lowest BCUT2D eigenvalue weighted by molar-refractivity contribution is 0.354. The van der Waals surface area contributed by atoms with Crippen LogP contribution in [0.1, 0.15) is 16.7 Å². The summed E-state index contributed by atoms with van der Waals surface area (Å²) in [7, 11) is 0. The van der Waals surface area contributed by atoms with Crippen LogP contribution in [0.5, 0.6) is 11.5 Å². The fourth-order valence-corrected chi connectivity index (χ4v) is 2.92. The average Bonchev–Trinajstić information content (AvgIpc) is 2.85. The molecule has 15 heavy (non-hydrogen) atoms. The van der Waals surface area contributed by atoms with Crippen LogP contribution in [0.2, 0.25) is 5.02 Å².